The molecule has 1 N–H and O–H groups in total. The van der Waals surface area contributed by atoms with E-state index < -0.39 is 0 Å². The van der Waals surface area contributed by atoms with Crippen LogP contribution in [0.1, 0.15) is 52.8 Å². The molecule has 4 nitrogen and oxygen atoms in total. The Morgan fingerprint density at radius 3 is 2.60 bits per heavy atom. The normalized spacial score (nSPS) is 20.6. The molecule has 0 amide bonds. The second kappa shape index (κ2) is 5.98. The third-order valence-corrected chi connectivity index (χ3v) is 3.98. The van der Waals surface area contributed by atoms with E-state index in [1.165, 1.54) is 19.3 Å². The Labute approximate surface area is 123 Å². The van der Waals surface area contributed by atoms with Crippen molar-refractivity contribution < 1.29 is 0 Å². The fraction of sp³-hybridized carbons (Fsp3) is 0.750. The summed E-state index contributed by atoms with van der Waals surface area (Å²) in [7, 11) is 1.92. The van der Waals surface area contributed by atoms with E-state index in [4.69, 9.17) is 4.98 Å². The first-order chi connectivity index (χ1) is 9.40. The van der Waals surface area contributed by atoms with E-state index in [-0.39, 0.29) is 5.41 Å². The van der Waals surface area contributed by atoms with Crippen LogP contribution in [0.3, 0.4) is 0 Å². The summed E-state index contributed by atoms with van der Waals surface area (Å²) < 4.78 is 0. The van der Waals surface area contributed by atoms with Crippen molar-refractivity contribution in [3.8, 4) is 0 Å². The van der Waals surface area contributed by atoms with Crippen LogP contribution in [-0.4, -0.2) is 30.1 Å². The van der Waals surface area contributed by atoms with Crippen LogP contribution in [0.15, 0.2) is 6.07 Å². The molecule has 4 heteroatoms. The van der Waals surface area contributed by atoms with Gasteiger partial charge in [0, 0.05) is 31.6 Å². The van der Waals surface area contributed by atoms with Gasteiger partial charge in [-0.2, -0.15) is 0 Å². The largest absolute Gasteiger partial charge is 0.373 e. The topological polar surface area (TPSA) is 41.0 Å². The lowest BCUT2D eigenvalue weighted by molar-refractivity contribution is 0.520. The third-order valence-electron chi connectivity index (χ3n) is 3.98. The molecule has 1 atom stereocenters. The van der Waals surface area contributed by atoms with E-state index in [1.807, 2.05) is 7.05 Å². The SMILES string of the molecule is CNc1cc(N2CCCC(C)CC2)nc(C(C)(C)C)n1. The summed E-state index contributed by atoms with van der Waals surface area (Å²) in [5, 5.41) is 3.17. The molecule has 0 spiro atoms. The maximum Gasteiger partial charge on any atom is 0.138 e. The van der Waals surface area contributed by atoms with E-state index in [9.17, 15) is 0 Å². The minimum atomic E-state index is -0.0270. The predicted molar refractivity (Wildman–Crippen MR) is 85.5 cm³/mol. The zero-order valence-corrected chi connectivity index (χ0v) is 13.5. The van der Waals surface area contributed by atoms with Gasteiger partial charge in [0.1, 0.15) is 17.5 Å². The van der Waals surface area contributed by atoms with Crippen LogP contribution < -0.4 is 10.2 Å². The van der Waals surface area contributed by atoms with Gasteiger partial charge in [-0.1, -0.05) is 27.7 Å². The summed E-state index contributed by atoms with van der Waals surface area (Å²) in [6.07, 6.45) is 3.83. The molecule has 1 aliphatic rings. The fourth-order valence-corrected chi connectivity index (χ4v) is 2.55. The maximum atomic E-state index is 4.82. The van der Waals surface area contributed by atoms with Crippen LogP contribution in [0, 0.1) is 5.92 Å². The van der Waals surface area contributed by atoms with Crippen molar-refractivity contribution in [3.05, 3.63) is 11.9 Å². The number of rotatable bonds is 2. The highest BCUT2D eigenvalue weighted by Crippen LogP contribution is 2.26. The lowest BCUT2D eigenvalue weighted by Gasteiger charge is -2.25. The average molecular weight is 276 g/mol. The van der Waals surface area contributed by atoms with Crippen molar-refractivity contribution in [2.24, 2.45) is 5.92 Å². The van der Waals surface area contributed by atoms with Gasteiger partial charge in [-0.3, -0.25) is 0 Å². The second-order valence-corrected chi connectivity index (χ2v) is 6.96. The van der Waals surface area contributed by atoms with Gasteiger partial charge in [-0.05, 0) is 25.2 Å². The Bertz CT molecular complexity index is 450. The van der Waals surface area contributed by atoms with Crippen molar-refractivity contribution in [1.29, 1.82) is 0 Å². The van der Waals surface area contributed by atoms with Gasteiger partial charge in [-0.25, -0.2) is 9.97 Å². The van der Waals surface area contributed by atoms with Gasteiger partial charge in [-0.15, -0.1) is 0 Å². The highest BCUT2D eigenvalue weighted by atomic mass is 15.2. The van der Waals surface area contributed by atoms with Crippen LogP contribution in [0.4, 0.5) is 11.6 Å². The van der Waals surface area contributed by atoms with Crippen molar-refractivity contribution in [1.82, 2.24) is 9.97 Å². The van der Waals surface area contributed by atoms with E-state index >= 15 is 0 Å². The predicted octanol–water partition coefficient (Wildman–Crippen LogP) is 3.44. The minimum absolute atomic E-state index is 0.0270. The molecular formula is C16H28N4. The van der Waals surface area contributed by atoms with Gasteiger partial charge < -0.3 is 10.2 Å². The number of nitrogens with zero attached hydrogens (tertiary/aromatic N) is 3. The molecule has 0 radical (unpaired) electrons. The van der Waals surface area contributed by atoms with Crippen molar-refractivity contribution >= 4 is 11.6 Å². The van der Waals surface area contributed by atoms with Crippen LogP contribution in [-0.2, 0) is 5.41 Å². The fourth-order valence-electron chi connectivity index (χ4n) is 2.55. The molecule has 1 fully saturated rings. The molecule has 112 valence electrons. The molecule has 2 heterocycles. The summed E-state index contributed by atoms with van der Waals surface area (Å²) in [5.41, 5.74) is -0.0270. The molecule has 0 saturated carbocycles. The molecule has 1 saturated heterocycles. The third kappa shape index (κ3) is 3.62. The van der Waals surface area contributed by atoms with Gasteiger partial charge in [0.05, 0.1) is 0 Å². The zero-order valence-electron chi connectivity index (χ0n) is 13.5. The summed E-state index contributed by atoms with van der Waals surface area (Å²) in [4.78, 5) is 11.8. The molecule has 1 unspecified atom stereocenters. The summed E-state index contributed by atoms with van der Waals surface area (Å²) >= 11 is 0. The van der Waals surface area contributed by atoms with Gasteiger partial charge in [0.25, 0.3) is 0 Å². The Balaban J connectivity index is 2.30. The molecule has 0 aliphatic carbocycles. The Hall–Kier alpha value is -1.32. The number of anilines is 2. The number of hydrogen-bond acceptors (Lipinski definition) is 4. The Morgan fingerprint density at radius 2 is 1.95 bits per heavy atom. The zero-order chi connectivity index (χ0) is 14.8. The van der Waals surface area contributed by atoms with E-state index in [0.717, 1.165) is 36.5 Å². The number of hydrogen-bond donors (Lipinski definition) is 1. The van der Waals surface area contributed by atoms with Crippen molar-refractivity contribution in [2.45, 2.75) is 52.4 Å². The minimum Gasteiger partial charge on any atom is -0.373 e. The summed E-state index contributed by atoms with van der Waals surface area (Å²) in [6, 6.07) is 2.07. The summed E-state index contributed by atoms with van der Waals surface area (Å²) in [6.45, 7) is 11.0. The van der Waals surface area contributed by atoms with Crippen molar-refractivity contribution in [3.63, 3.8) is 0 Å². The monoisotopic (exact) mass is 276 g/mol. The van der Waals surface area contributed by atoms with Crippen LogP contribution >= 0.6 is 0 Å². The standard InChI is InChI=1S/C16H28N4/c1-12-7-6-9-20(10-8-12)14-11-13(17-5)18-15(19-14)16(2,3)4/h11-12H,6-10H2,1-5H3,(H,17,18,19). The first-order valence-electron chi connectivity index (χ1n) is 7.72. The maximum absolute atomic E-state index is 4.82. The average Bonchev–Trinajstić information content (AvgIpc) is 2.62. The lowest BCUT2D eigenvalue weighted by Crippen LogP contribution is -2.27. The first kappa shape index (κ1) is 15.1. The molecule has 2 rings (SSSR count). The lowest BCUT2D eigenvalue weighted by atomic mass is 9.96. The number of aromatic nitrogens is 2. The number of nitrogens with one attached hydrogen (secondary N) is 1. The highest BCUT2D eigenvalue weighted by molar-refractivity contribution is 5.49. The second-order valence-electron chi connectivity index (χ2n) is 6.96. The van der Waals surface area contributed by atoms with Gasteiger partial charge in [0.15, 0.2) is 0 Å². The molecule has 0 aromatic carbocycles. The van der Waals surface area contributed by atoms with Gasteiger partial charge >= 0.3 is 0 Å². The molecule has 1 aromatic rings. The van der Waals surface area contributed by atoms with E-state index in [2.05, 4.69) is 49.0 Å². The van der Waals surface area contributed by atoms with Crippen LogP contribution in [0.5, 0.6) is 0 Å². The van der Waals surface area contributed by atoms with Gasteiger partial charge in [0.2, 0.25) is 0 Å². The molecule has 20 heavy (non-hydrogen) atoms. The van der Waals surface area contributed by atoms with E-state index in [1.54, 1.807) is 0 Å². The van der Waals surface area contributed by atoms with Crippen LogP contribution in [0.25, 0.3) is 0 Å². The summed E-state index contributed by atoms with van der Waals surface area (Å²) in [5.74, 6) is 3.73. The van der Waals surface area contributed by atoms with Crippen molar-refractivity contribution in [2.75, 3.05) is 30.4 Å². The Morgan fingerprint density at radius 1 is 1.20 bits per heavy atom. The molecule has 1 aliphatic heterocycles. The highest BCUT2D eigenvalue weighted by Gasteiger charge is 2.22. The van der Waals surface area contributed by atoms with E-state index in [0.29, 0.717) is 0 Å². The first-order valence-corrected chi connectivity index (χ1v) is 7.72. The quantitative estimate of drug-likeness (QED) is 0.898. The molecular weight excluding hydrogens is 248 g/mol. The van der Waals surface area contributed by atoms with Crippen LogP contribution in [0.2, 0.25) is 0 Å². The molecule has 1 aromatic heterocycles. The smallest absolute Gasteiger partial charge is 0.138 e. The molecule has 0 bridgehead atoms. The Kier molecular flexibility index (Phi) is 4.51.